The van der Waals surface area contributed by atoms with E-state index >= 15 is 0 Å². The number of alkyl halides is 3. The highest BCUT2D eigenvalue weighted by molar-refractivity contribution is 6.29. The molecule has 2 rings (SSSR count). The van der Waals surface area contributed by atoms with Gasteiger partial charge in [0.2, 0.25) is 0 Å². The first-order chi connectivity index (χ1) is 8.77. The lowest BCUT2D eigenvalue weighted by molar-refractivity contribution is -0.137. The topological polar surface area (TPSA) is 16.1 Å². The Morgan fingerprint density at radius 2 is 2.00 bits per heavy atom. The maximum atomic E-state index is 12.8. The van der Waals surface area contributed by atoms with Crippen LogP contribution in [0, 0.1) is 5.92 Å². The van der Waals surface area contributed by atoms with E-state index in [1.807, 2.05) is 18.7 Å². The number of nitrogens with zero attached hydrogens (tertiary/aromatic N) is 2. The van der Waals surface area contributed by atoms with E-state index in [1.54, 1.807) is 0 Å². The van der Waals surface area contributed by atoms with Crippen molar-refractivity contribution >= 4 is 17.4 Å². The molecule has 0 N–H and O–H groups in total. The predicted octanol–water partition coefficient (Wildman–Crippen LogP) is 4.38. The Balaban J connectivity index is 2.32. The predicted molar refractivity (Wildman–Crippen MR) is 69.5 cm³/mol. The van der Waals surface area contributed by atoms with Crippen LogP contribution in [0.4, 0.5) is 19.0 Å². The molecule has 0 atom stereocenters. The lowest BCUT2D eigenvalue weighted by atomic mass is 10.2. The van der Waals surface area contributed by atoms with E-state index < -0.39 is 11.7 Å². The summed E-state index contributed by atoms with van der Waals surface area (Å²) in [6.45, 7) is 4.62. The highest BCUT2D eigenvalue weighted by atomic mass is 35.5. The van der Waals surface area contributed by atoms with Crippen molar-refractivity contribution in [3.05, 3.63) is 22.8 Å². The quantitative estimate of drug-likeness (QED) is 0.766. The molecule has 1 aromatic heterocycles. The third-order valence-corrected chi connectivity index (χ3v) is 3.37. The molecule has 0 saturated heterocycles. The number of aromatic nitrogens is 1. The Hall–Kier alpha value is -0.970. The summed E-state index contributed by atoms with van der Waals surface area (Å²) < 4.78 is 38.3. The van der Waals surface area contributed by atoms with Crippen LogP contribution in [0.2, 0.25) is 5.15 Å². The second-order valence-electron chi connectivity index (χ2n) is 5.22. The Kier molecular flexibility index (Phi) is 3.95. The SMILES string of the molecule is CC(C)N(CC1CC1)c1cc(C(F)(F)F)cc(Cl)n1. The fourth-order valence-corrected chi connectivity index (χ4v) is 2.15. The average molecular weight is 293 g/mol. The molecular weight excluding hydrogens is 277 g/mol. The minimum atomic E-state index is -4.40. The summed E-state index contributed by atoms with van der Waals surface area (Å²) in [5.41, 5.74) is -0.746. The molecule has 0 aromatic carbocycles. The average Bonchev–Trinajstić information content (AvgIpc) is 3.07. The van der Waals surface area contributed by atoms with Crippen LogP contribution in [0.3, 0.4) is 0 Å². The van der Waals surface area contributed by atoms with Gasteiger partial charge in [0.05, 0.1) is 5.56 Å². The van der Waals surface area contributed by atoms with E-state index in [2.05, 4.69) is 4.98 Å². The third-order valence-electron chi connectivity index (χ3n) is 3.18. The van der Waals surface area contributed by atoms with E-state index in [1.165, 1.54) is 0 Å². The van der Waals surface area contributed by atoms with E-state index in [9.17, 15) is 13.2 Å². The number of hydrogen-bond donors (Lipinski definition) is 0. The van der Waals surface area contributed by atoms with Crippen molar-refractivity contribution in [1.82, 2.24) is 4.98 Å². The van der Waals surface area contributed by atoms with Gasteiger partial charge in [-0.15, -0.1) is 0 Å². The zero-order chi connectivity index (χ0) is 14.2. The van der Waals surface area contributed by atoms with Crippen LogP contribution in [-0.4, -0.2) is 17.6 Å². The summed E-state index contributed by atoms with van der Waals surface area (Å²) in [4.78, 5) is 5.93. The van der Waals surface area contributed by atoms with Crippen LogP contribution in [0.1, 0.15) is 32.3 Å². The van der Waals surface area contributed by atoms with Gasteiger partial charge in [0.1, 0.15) is 11.0 Å². The Bertz CT molecular complexity index is 456. The molecule has 1 saturated carbocycles. The molecular formula is C13H16ClF3N2. The van der Waals surface area contributed by atoms with Gasteiger partial charge in [0.15, 0.2) is 0 Å². The zero-order valence-electron chi connectivity index (χ0n) is 10.8. The zero-order valence-corrected chi connectivity index (χ0v) is 11.6. The van der Waals surface area contributed by atoms with Crippen molar-refractivity contribution in [2.45, 2.75) is 38.9 Å². The second-order valence-corrected chi connectivity index (χ2v) is 5.61. The number of rotatable bonds is 4. The van der Waals surface area contributed by atoms with Gasteiger partial charge in [-0.1, -0.05) is 11.6 Å². The van der Waals surface area contributed by atoms with Crippen molar-refractivity contribution in [2.24, 2.45) is 5.92 Å². The summed E-state index contributed by atoms with van der Waals surface area (Å²) in [5, 5.41) is -0.119. The number of hydrogen-bond acceptors (Lipinski definition) is 2. The highest BCUT2D eigenvalue weighted by Crippen LogP contribution is 2.35. The van der Waals surface area contributed by atoms with Crippen molar-refractivity contribution in [3.63, 3.8) is 0 Å². The van der Waals surface area contributed by atoms with Crippen molar-refractivity contribution in [1.29, 1.82) is 0 Å². The summed E-state index contributed by atoms with van der Waals surface area (Å²) in [5.74, 6) is 0.874. The number of anilines is 1. The van der Waals surface area contributed by atoms with E-state index in [4.69, 9.17) is 11.6 Å². The molecule has 0 unspecified atom stereocenters. The molecule has 6 heteroatoms. The number of pyridine rings is 1. The largest absolute Gasteiger partial charge is 0.416 e. The first-order valence-corrected chi connectivity index (χ1v) is 6.66. The minimum absolute atomic E-state index is 0.0904. The molecule has 2 nitrogen and oxygen atoms in total. The third kappa shape index (κ3) is 3.75. The number of halogens is 4. The van der Waals surface area contributed by atoms with Gasteiger partial charge in [-0.25, -0.2) is 4.98 Å². The lowest BCUT2D eigenvalue weighted by Gasteiger charge is -2.28. The first kappa shape index (κ1) is 14.4. The lowest BCUT2D eigenvalue weighted by Crippen LogP contribution is -2.33. The van der Waals surface area contributed by atoms with Crippen LogP contribution < -0.4 is 4.90 Å². The van der Waals surface area contributed by atoms with Crippen LogP contribution in [0.25, 0.3) is 0 Å². The summed E-state index contributed by atoms with van der Waals surface area (Å²) in [7, 11) is 0. The van der Waals surface area contributed by atoms with Crippen molar-refractivity contribution in [3.8, 4) is 0 Å². The molecule has 0 spiro atoms. The monoisotopic (exact) mass is 292 g/mol. The molecule has 1 aromatic rings. The fourth-order valence-electron chi connectivity index (χ4n) is 1.94. The second kappa shape index (κ2) is 5.19. The smallest absolute Gasteiger partial charge is 0.354 e. The molecule has 1 aliphatic rings. The highest BCUT2D eigenvalue weighted by Gasteiger charge is 2.33. The molecule has 106 valence electrons. The van der Waals surface area contributed by atoms with Gasteiger partial charge >= 0.3 is 6.18 Å². The van der Waals surface area contributed by atoms with E-state index in [-0.39, 0.29) is 11.2 Å². The molecule has 1 aliphatic carbocycles. The standard InChI is InChI=1S/C13H16ClF3N2/c1-8(2)19(7-9-3-4-9)12-6-10(13(15,16)17)5-11(14)18-12/h5-6,8-9H,3-4,7H2,1-2H3. The Morgan fingerprint density at radius 3 is 2.47 bits per heavy atom. The van der Waals surface area contributed by atoms with Crippen LogP contribution >= 0.6 is 11.6 Å². The van der Waals surface area contributed by atoms with E-state index in [0.29, 0.717) is 11.7 Å². The van der Waals surface area contributed by atoms with Gasteiger partial charge in [-0.05, 0) is 44.7 Å². The molecule has 0 aliphatic heterocycles. The van der Waals surface area contributed by atoms with Crippen molar-refractivity contribution < 1.29 is 13.2 Å². The maximum absolute atomic E-state index is 12.8. The van der Waals surface area contributed by atoms with Gasteiger partial charge < -0.3 is 4.90 Å². The van der Waals surface area contributed by atoms with Crippen LogP contribution in [0.15, 0.2) is 12.1 Å². The molecule has 0 bridgehead atoms. The normalized spacial score (nSPS) is 15.9. The Morgan fingerprint density at radius 1 is 1.37 bits per heavy atom. The molecule has 1 fully saturated rings. The first-order valence-electron chi connectivity index (χ1n) is 6.29. The van der Waals surface area contributed by atoms with Gasteiger partial charge in [0, 0.05) is 12.6 Å². The van der Waals surface area contributed by atoms with Crippen LogP contribution in [0.5, 0.6) is 0 Å². The van der Waals surface area contributed by atoms with Gasteiger partial charge in [0.25, 0.3) is 0 Å². The van der Waals surface area contributed by atoms with E-state index in [0.717, 1.165) is 31.5 Å². The Labute approximate surface area is 115 Å². The minimum Gasteiger partial charge on any atom is -0.354 e. The van der Waals surface area contributed by atoms with Gasteiger partial charge in [-0.2, -0.15) is 13.2 Å². The summed E-state index contributed by atoms with van der Waals surface area (Å²) >= 11 is 5.72. The van der Waals surface area contributed by atoms with Gasteiger partial charge in [-0.3, -0.25) is 0 Å². The maximum Gasteiger partial charge on any atom is 0.416 e. The van der Waals surface area contributed by atoms with Crippen LogP contribution in [-0.2, 0) is 6.18 Å². The van der Waals surface area contributed by atoms with Crippen molar-refractivity contribution in [2.75, 3.05) is 11.4 Å². The molecule has 0 amide bonds. The summed E-state index contributed by atoms with van der Waals surface area (Å²) in [6.07, 6.45) is -2.13. The summed E-state index contributed by atoms with van der Waals surface area (Å²) in [6, 6.07) is 2.03. The molecule has 0 radical (unpaired) electrons. The molecule has 1 heterocycles. The molecule has 19 heavy (non-hydrogen) atoms. The fraction of sp³-hybridized carbons (Fsp3) is 0.615.